The Bertz CT molecular complexity index is 574. The van der Waals surface area contributed by atoms with Gasteiger partial charge in [0.1, 0.15) is 0 Å². The Morgan fingerprint density at radius 2 is 2.10 bits per heavy atom. The van der Waals surface area contributed by atoms with E-state index in [1.165, 1.54) is 0 Å². The number of anilines is 1. The molecule has 106 valence electrons. The molecule has 5 nitrogen and oxygen atoms in total. The van der Waals surface area contributed by atoms with Gasteiger partial charge >= 0.3 is 0 Å². The minimum Gasteiger partial charge on any atom is -0.399 e. The Kier molecular flexibility index (Phi) is 4.40. The number of hydrogen-bond acceptors (Lipinski definition) is 3. The molecule has 0 aliphatic rings. The highest BCUT2D eigenvalue weighted by atomic mass is 16.1. The molecule has 0 saturated heterocycles. The molecule has 20 heavy (non-hydrogen) atoms. The molecule has 2 aromatic rings. The van der Waals surface area contributed by atoms with E-state index in [2.05, 4.69) is 10.4 Å². The first-order valence-electron chi connectivity index (χ1n) is 6.64. The highest BCUT2D eigenvalue weighted by Crippen LogP contribution is 2.19. The van der Waals surface area contributed by atoms with Crippen molar-refractivity contribution < 1.29 is 4.79 Å². The summed E-state index contributed by atoms with van der Waals surface area (Å²) in [7, 11) is 1.86. The van der Waals surface area contributed by atoms with Gasteiger partial charge in [-0.1, -0.05) is 19.1 Å². The molecule has 3 N–H and O–H groups in total. The van der Waals surface area contributed by atoms with E-state index in [1.807, 2.05) is 44.4 Å². The second-order valence-electron chi connectivity index (χ2n) is 5.07. The SMILES string of the molecule is CC(CC(=O)NCc1cnn(C)c1)c1ccc(N)cc1. The van der Waals surface area contributed by atoms with Crippen LogP contribution >= 0.6 is 0 Å². The van der Waals surface area contributed by atoms with Gasteiger partial charge in [0.2, 0.25) is 5.91 Å². The molecule has 0 spiro atoms. The van der Waals surface area contributed by atoms with Crippen LogP contribution in [-0.4, -0.2) is 15.7 Å². The molecule has 0 radical (unpaired) electrons. The average molecular weight is 272 g/mol. The van der Waals surface area contributed by atoms with Gasteiger partial charge in [-0.05, 0) is 23.6 Å². The van der Waals surface area contributed by atoms with Crippen molar-refractivity contribution in [2.75, 3.05) is 5.73 Å². The summed E-state index contributed by atoms with van der Waals surface area (Å²) < 4.78 is 1.72. The molecule has 2 rings (SSSR count). The van der Waals surface area contributed by atoms with Gasteiger partial charge in [0, 0.05) is 37.5 Å². The maximum Gasteiger partial charge on any atom is 0.220 e. The maximum atomic E-state index is 11.9. The Hall–Kier alpha value is -2.30. The highest BCUT2D eigenvalue weighted by Gasteiger charge is 2.11. The number of rotatable bonds is 5. The van der Waals surface area contributed by atoms with Crippen LogP contribution in [0.4, 0.5) is 5.69 Å². The van der Waals surface area contributed by atoms with E-state index in [9.17, 15) is 4.79 Å². The lowest BCUT2D eigenvalue weighted by Gasteiger charge is -2.12. The molecule has 1 aromatic carbocycles. The zero-order chi connectivity index (χ0) is 14.5. The van der Waals surface area contributed by atoms with Crippen LogP contribution in [-0.2, 0) is 18.4 Å². The van der Waals surface area contributed by atoms with Crippen molar-refractivity contribution in [2.45, 2.75) is 25.8 Å². The first kappa shape index (κ1) is 14.1. The molecule has 5 heteroatoms. The van der Waals surface area contributed by atoms with Crippen molar-refractivity contribution in [1.82, 2.24) is 15.1 Å². The normalized spacial score (nSPS) is 12.1. The molecule has 0 aliphatic heterocycles. The fraction of sp³-hybridized carbons (Fsp3) is 0.333. The van der Waals surface area contributed by atoms with Gasteiger partial charge in [-0.2, -0.15) is 5.10 Å². The summed E-state index contributed by atoms with van der Waals surface area (Å²) in [6, 6.07) is 7.65. The molecule has 0 bridgehead atoms. The van der Waals surface area contributed by atoms with Crippen LogP contribution in [0.1, 0.15) is 30.4 Å². The Balaban J connectivity index is 1.83. The smallest absolute Gasteiger partial charge is 0.220 e. The lowest BCUT2D eigenvalue weighted by atomic mass is 9.97. The van der Waals surface area contributed by atoms with Crippen molar-refractivity contribution in [3.63, 3.8) is 0 Å². The Morgan fingerprint density at radius 3 is 2.70 bits per heavy atom. The zero-order valence-electron chi connectivity index (χ0n) is 11.8. The number of nitrogens with one attached hydrogen (secondary N) is 1. The van der Waals surface area contributed by atoms with E-state index in [-0.39, 0.29) is 11.8 Å². The number of carbonyl (C=O) groups excluding carboxylic acids is 1. The van der Waals surface area contributed by atoms with E-state index in [1.54, 1.807) is 10.9 Å². The summed E-state index contributed by atoms with van der Waals surface area (Å²) in [6.07, 6.45) is 4.11. The van der Waals surface area contributed by atoms with Crippen LogP contribution in [0.15, 0.2) is 36.7 Å². The molecule has 1 atom stereocenters. The molecule has 0 aliphatic carbocycles. The standard InChI is InChI=1S/C15H20N4O/c1-11(13-3-5-14(16)6-4-13)7-15(20)17-8-12-9-18-19(2)10-12/h3-6,9-11H,7-8,16H2,1-2H3,(H,17,20). The van der Waals surface area contributed by atoms with Gasteiger partial charge in [-0.3, -0.25) is 9.48 Å². The number of benzene rings is 1. The second kappa shape index (κ2) is 6.23. The van der Waals surface area contributed by atoms with E-state index in [0.717, 1.165) is 16.8 Å². The van der Waals surface area contributed by atoms with Crippen molar-refractivity contribution in [3.8, 4) is 0 Å². The van der Waals surface area contributed by atoms with Gasteiger partial charge in [0.15, 0.2) is 0 Å². The number of carbonyl (C=O) groups is 1. The van der Waals surface area contributed by atoms with Crippen LogP contribution in [0, 0.1) is 0 Å². The monoisotopic (exact) mass is 272 g/mol. The van der Waals surface area contributed by atoms with Gasteiger partial charge in [-0.15, -0.1) is 0 Å². The lowest BCUT2D eigenvalue weighted by molar-refractivity contribution is -0.121. The predicted octanol–water partition coefficient (Wildman–Crippen LogP) is 1.81. The summed E-state index contributed by atoms with van der Waals surface area (Å²) in [6.45, 7) is 2.55. The van der Waals surface area contributed by atoms with Crippen LogP contribution in [0.5, 0.6) is 0 Å². The third-order valence-electron chi connectivity index (χ3n) is 3.25. The van der Waals surface area contributed by atoms with Crippen LogP contribution in [0.2, 0.25) is 0 Å². The summed E-state index contributed by atoms with van der Waals surface area (Å²) in [4.78, 5) is 11.9. The first-order valence-corrected chi connectivity index (χ1v) is 6.64. The second-order valence-corrected chi connectivity index (χ2v) is 5.07. The van der Waals surface area contributed by atoms with Gasteiger partial charge in [0.25, 0.3) is 0 Å². The highest BCUT2D eigenvalue weighted by molar-refractivity contribution is 5.76. The quantitative estimate of drug-likeness (QED) is 0.815. The topological polar surface area (TPSA) is 72.9 Å². The first-order chi connectivity index (χ1) is 9.54. The van der Waals surface area contributed by atoms with Crippen LogP contribution in [0.25, 0.3) is 0 Å². The van der Waals surface area contributed by atoms with Crippen molar-refractivity contribution in [2.24, 2.45) is 7.05 Å². The number of amides is 1. The fourth-order valence-electron chi connectivity index (χ4n) is 2.06. The summed E-state index contributed by atoms with van der Waals surface area (Å²) in [5.74, 6) is 0.211. The molecular formula is C15H20N4O. The van der Waals surface area contributed by atoms with Crippen molar-refractivity contribution in [3.05, 3.63) is 47.8 Å². The molecule has 1 amide bonds. The van der Waals surface area contributed by atoms with Crippen LogP contribution in [0.3, 0.4) is 0 Å². The molecular weight excluding hydrogens is 252 g/mol. The zero-order valence-corrected chi connectivity index (χ0v) is 11.8. The molecule has 0 fully saturated rings. The summed E-state index contributed by atoms with van der Waals surface area (Å²) >= 11 is 0. The van der Waals surface area contributed by atoms with Crippen LogP contribution < -0.4 is 11.1 Å². The van der Waals surface area contributed by atoms with Gasteiger partial charge in [0.05, 0.1) is 6.20 Å². The fourth-order valence-corrected chi connectivity index (χ4v) is 2.06. The minimum absolute atomic E-state index is 0.0400. The van der Waals surface area contributed by atoms with E-state index in [0.29, 0.717) is 13.0 Å². The Labute approximate surface area is 118 Å². The third-order valence-corrected chi connectivity index (χ3v) is 3.25. The minimum atomic E-state index is 0.0400. The molecule has 1 heterocycles. The molecule has 1 unspecified atom stereocenters. The van der Waals surface area contributed by atoms with E-state index < -0.39 is 0 Å². The lowest BCUT2D eigenvalue weighted by Crippen LogP contribution is -2.23. The van der Waals surface area contributed by atoms with Crippen molar-refractivity contribution >= 4 is 11.6 Å². The van der Waals surface area contributed by atoms with Gasteiger partial charge < -0.3 is 11.1 Å². The van der Waals surface area contributed by atoms with E-state index >= 15 is 0 Å². The number of nitrogens with zero attached hydrogens (tertiary/aromatic N) is 2. The number of aromatic nitrogens is 2. The predicted molar refractivity (Wildman–Crippen MR) is 78.9 cm³/mol. The number of nitrogens with two attached hydrogens (primary N) is 1. The summed E-state index contributed by atoms with van der Waals surface area (Å²) in [5, 5.41) is 6.97. The average Bonchev–Trinajstić information content (AvgIpc) is 2.83. The largest absolute Gasteiger partial charge is 0.399 e. The maximum absolute atomic E-state index is 11.9. The number of nitrogen functional groups attached to an aromatic ring is 1. The Morgan fingerprint density at radius 1 is 1.40 bits per heavy atom. The number of hydrogen-bond donors (Lipinski definition) is 2. The third kappa shape index (κ3) is 3.85. The molecule has 0 saturated carbocycles. The van der Waals surface area contributed by atoms with Gasteiger partial charge in [-0.25, -0.2) is 0 Å². The molecule has 1 aromatic heterocycles. The van der Waals surface area contributed by atoms with E-state index in [4.69, 9.17) is 5.73 Å². The number of aryl methyl sites for hydroxylation is 1. The summed E-state index contributed by atoms with van der Waals surface area (Å²) in [5.41, 5.74) is 8.51. The van der Waals surface area contributed by atoms with Crippen molar-refractivity contribution in [1.29, 1.82) is 0 Å².